The highest BCUT2D eigenvalue weighted by atomic mass is 35.5. The molecule has 2 heterocycles. The van der Waals surface area contributed by atoms with Crippen molar-refractivity contribution in [3.05, 3.63) is 18.1 Å². The molecule has 0 bridgehead atoms. The summed E-state index contributed by atoms with van der Waals surface area (Å²) in [5, 5.41) is 0. The van der Waals surface area contributed by atoms with Gasteiger partial charge in [0.1, 0.15) is 5.82 Å². The third kappa shape index (κ3) is 3.12. The molecule has 1 aromatic rings. The highest BCUT2D eigenvalue weighted by Gasteiger charge is 2.24. The first-order valence-corrected chi connectivity index (χ1v) is 7.10. The van der Waals surface area contributed by atoms with Crippen molar-refractivity contribution in [3.63, 3.8) is 0 Å². The fourth-order valence-corrected chi connectivity index (χ4v) is 2.70. The minimum atomic E-state index is 0.416. The Labute approximate surface area is 114 Å². The van der Waals surface area contributed by atoms with E-state index in [1.807, 2.05) is 0 Å². The Hall–Kier alpha value is -0.870. The maximum atomic E-state index is 5.79. The predicted molar refractivity (Wildman–Crippen MR) is 75.1 cm³/mol. The second-order valence-corrected chi connectivity index (χ2v) is 5.07. The lowest BCUT2D eigenvalue weighted by atomic mass is 10.2. The summed E-state index contributed by atoms with van der Waals surface area (Å²) in [5.74, 6) is 1.33. The summed E-state index contributed by atoms with van der Waals surface area (Å²) in [6.45, 7) is 5.59. The number of aromatic nitrogens is 2. The number of nitrogens with zero attached hydrogens (tertiary/aromatic N) is 4. The Morgan fingerprint density at radius 2 is 2.33 bits per heavy atom. The van der Waals surface area contributed by atoms with Crippen LogP contribution >= 0.6 is 11.6 Å². The van der Waals surface area contributed by atoms with Gasteiger partial charge in [-0.3, -0.25) is 9.88 Å². The van der Waals surface area contributed by atoms with E-state index in [1.165, 1.54) is 19.4 Å². The minimum absolute atomic E-state index is 0.416. The zero-order valence-electron chi connectivity index (χ0n) is 11.1. The van der Waals surface area contributed by atoms with Crippen LogP contribution in [0.15, 0.2) is 12.4 Å². The van der Waals surface area contributed by atoms with Crippen molar-refractivity contribution in [2.24, 2.45) is 0 Å². The first-order chi connectivity index (χ1) is 8.74. The lowest BCUT2D eigenvalue weighted by molar-refractivity contribution is 0.270. The van der Waals surface area contributed by atoms with E-state index in [4.69, 9.17) is 11.6 Å². The van der Waals surface area contributed by atoms with E-state index in [9.17, 15) is 0 Å². The molecule has 1 aliphatic rings. The van der Waals surface area contributed by atoms with Gasteiger partial charge >= 0.3 is 0 Å². The monoisotopic (exact) mass is 268 g/mol. The molecule has 1 unspecified atom stereocenters. The van der Waals surface area contributed by atoms with E-state index >= 15 is 0 Å². The van der Waals surface area contributed by atoms with Gasteiger partial charge < -0.3 is 4.90 Å². The molecule has 0 aromatic carbocycles. The summed E-state index contributed by atoms with van der Waals surface area (Å²) < 4.78 is 0. The molecule has 1 atom stereocenters. The number of likely N-dealkylation sites (N-methyl/N-ethyl adjacent to an activating group) is 2. The lowest BCUT2D eigenvalue weighted by Gasteiger charge is -2.28. The van der Waals surface area contributed by atoms with E-state index in [2.05, 4.69) is 33.7 Å². The van der Waals surface area contributed by atoms with Crippen LogP contribution in [0.5, 0.6) is 0 Å². The molecule has 0 N–H and O–H groups in total. The molecule has 100 valence electrons. The van der Waals surface area contributed by atoms with Gasteiger partial charge in [-0.05, 0) is 25.9 Å². The average molecular weight is 269 g/mol. The normalized spacial score (nSPS) is 20.3. The SMILES string of the molecule is CCN1CCCC1CN(C)c1cncc(CCl)n1. The first kappa shape index (κ1) is 13.6. The van der Waals surface area contributed by atoms with Gasteiger partial charge in [0.2, 0.25) is 0 Å². The summed E-state index contributed by atoms with van der Waals surface area (Å²) in [7, 11) is 2.08. The molecular weight excluding hydrogens is 248 g/mol. The molecule has 1 aromatic heterocycles. The van der Waals surface area contributed by atoms with Gasteiger partial charge in [0, 0.05) is 25.8 Å². The molecule has 2 rings (SSSR count). The molecular formula is C13H21ClN4. The Bertz CT molecular complexity index is 385. The Morgan fingerprint density at radius 3 is 3.06 bits per heavy atom. The quantitative estimate of drug-likeness (QED) is 0.766. The molecule has 0 saturated carbocycles. The molecule has 5 heteroatoms. The van der Waals surface area contributed by atoms with Crippen molar-refractivity contribution in [2.45, 2.75) is 31.7 Å². The van der Waals surface area contributed by atoms with Gasteiger partial charge in [-0.15, -0.1) is 11.6 Å². The molecule has 0 radical (unpaired) electrons. The van der Waals surface area contributed by atoms with E-state index in [1.54, 1.807) is 12.4 Å². The summed E-state index contributed by atoms with van der Waals surface area (Å²) in [5.41, 5.74) is 0.833. The van der Waals surface area contributed by atoms with Gasteiger partial charge in [-0.2, -0.15) is 0 Å². The highest BCUT2D eigenvalue weighted by molar-refractivity contribution is 6.16. The van der Waals surface area contributed by atoms with Crippen molar-refractivity contribution in [3.8, 4) is 0 Å². The number of halogens is 1. The zero-order chi connectivity index (χ0) is 13.0. The standard InChI is InChI=1S/C13H21ClN4/c1-3-18-6-4-5-12(18)10-17(2)13-9-15-8-11(7-14)16-13/h8-9,12H,3-7,10H2,1-2H3. The fraction of sp³-hybridized carbons (Fsp3) is 0.692. The van der Waals surface area contributed by atoms with Crippen molar-refractivity contribution < 1.29 is 0 Å². The van der Waals surface area contributed by atoms with Crippen LogP contribution in [-0.2, 0) is 5.88 Å². The van der Waals surface area contributed by atoms with E-state index in [-0.39, 0.29) is 0 Å². The van der Waals surface area contributed by atoms with Crippen LogP contribution in [-0.4, -0.2) is 47.6 Å². The number of alkyl halides is 1. The van der Waals surface area contributed by atoms with E-state index in [0.29, 0.717) is 11.9 Å². The zero-order valence-corrected chi connectivity index (χ0v) is 11.9. The smallest absolute Gasteiger partial charge is 0.147 e. The van der Waals surface area contributed by atoms with E-state index < -0.39 is 0 Å². The Balaban J connectivity index is 2.00. The van der Waals surface area contributed by atoms with Crippen LogP contribution in [0.25, 0.3) is 0 Å². The number of rotatable bonds is 5. The van der Waals surface area contributed by atoms with Crippen LogP contribution in [0, 0.1) is 0 Å². The third-order valence-electron chi connectivity index (χ3n) is 3.59. The fourth-order valence-electron chi connectivity index (χ4n) is 2.57. The van der Waals surface area contributed by atoms with Crippen LogP contribution in [0.1, 0.15) is 25.5 Å². The van der Waals surface area contributed by atoms with Crippen molar-refractivity contribution in [1.29, 1.82) is 0 Å². The van der Waals surface area contributed by atoms with Gasteiger partial charge in [0.15, 0.2) is 0 Å². The van der Waals surface area contributed by atoms with Crippen molar-refractivity contribution >= 4 is 17.4 Å². The molecule has 0 spiro atoms. The third-order valence-corrected chi connectivity index (χ3v) is 3.86. The molecule has 4 nitrogen and oxygen atoms in total. The van der Waals surface area contributed by atoms with Crippen LogP contribution in [0.4, 0.5) is 5.82 Å². The number of likely N-dealkylation sites (tertiary alicyclic amines) is 1. The summed E-state index contributed by atoms with van der Waals surface area (Å²) >= 11 is 5.79. The predicted octanol–water partition coefficient (Wildman–Crippen LogP) is 2.14. The van der Waals surface area contributed by atoms with Gasteiger partial charge in [0.05, 0.1) is 17.8 Å². The molecule has 1 saturated heterocycles. The average Bonchev–Trinajstić information content (AvgIpc) is 2.86. The Kier molecular flexibility index (Phi) is 4.78. The molecule has 1 fully saturated rings. The second-order valence-electron chi connectivity index (χ2n) is 4.81. The van der Waals surface area contributed by atoms with Gasteiger partial charge in [-0.1, -0.05) is 6.92 Å². The topological polar surface area (TPSA) is 32.3 Å². The maximum absolute atomic E-state index is 5.79. The number of anilines is 1. The molecule has 18 heavy (non-hydrogen) atoms. The molecule has 0 aliphatic carbocycles. The summed E-state index contributed by atoms with van der Waals surface area (Å²) in [6.07, 6.45) is 6.11. The van der Waals surface area contributed by atoms with Crippen LogP contribution < -0.4 is 4.90 Å². The largest absolute Gasteiger partial charge is 0.357 e. The summed E-state index contributed by atoms with van der Waals surface area (Å²) in [6, 6.07) is 0.640. The van der Waals surface area contributed by atoms with Gasteiger partial charge in [-0.25, -0.2) is 4.98 Å². The Morgan fingerprint density at radius 1 is 1.50 bits per heavy atom. The van der Waals surface area contributed by atoms with E-state index in [0.717, 1.165) is 24.6 Å². The maximum Gasteiger partial charge on any atom is 0.147 e. The highest BCUT2D eigenvalue weighted by Crippen LogP contribution is 2.19. The minimum Gasteiger partial charge on any atom is -0.357 e. The van der Waals surface area contributed by atoms with Gasteiger partial charge in [0.25, 0.3) is 0 Å². The van der Waals surface area contributed by atoms with Crippen LogP contribution in [0.2, 0.25) is 0 Å². The van der Waals surface area contributed by atoms with Crippen molar-refractivity contribution in [1.82, 2.24) is 14.9 Å². The first-order valence-electron chi connectivity index (χ1n) is 6.56. The van der Waals surface area contributed by atoms with Crippen LogP contribution in [0.3, 0.4) is 0 Å². The molecule has 1 aliphatic heterocycles. The number of hydrogen-bond acceptors (Lipinski definition) is 4. The van der Waals surface area contributed by atoms with Crippen molar-refractivity contribution in [2.75, 3.05) is 31.6 Å². The molecule has 0 amide bonds. The summed E-state index contributed by atoms with van der Waals surface area (Å²) in [4.78, 5) is 13.4. The lowest BCUT2D eigenvalue weighted by Crippen LogP contribution is -2.39. The second kappa shape index (κ2) is 6.34. The number of hydrogen-bond donors (Lipinski definition) is 0.